The van der Waals surface area contributed by atoms with E-state index in [1.54, 1.807) is 12.1 Å². The fourth-order valence-electron chi connectivity index (χ4n) is 1.36. The van der Waals surface area contributed by atoms with E-state index >= 15 is 0 Å². The van der Waals surface area contributed by atoms with Crippen LogP contribution in [-0.4, -0.2) is 20.6 Å². The summed E-state index contributed by atoms with van der Waals surface area (Å²) in [5.74, 6) is -1.15. The van der Waals surface area contributed by atoms with Crippen molar-refractivity contribution >= 4 is 5.97 Å². The number of carboxylic acid groups (broad SMARTS) is 1. The van der Waals surface area contributed by atoms with Gasteiger partial charge >= 0.3 is 5.97 Å². The molecule has 16 heavy (non-hydrogen) atoms. The maximum Gasteiger partial charge on any atom is 0.341 e. The molecule has 0 fully saturated rings. The van der Waals surface area contributed by atoms with E-state index in [2.05, 4.69) is 4.98 Å². The van der Waals surface area contributed by atoms with Crippen LogP contribution < -0.4 is 5.49 Å². The molecule has 0 radical (unpaired) electrons. The Morgan fingerprint density at radius 2 is 2.00 bits per heavy atom. The van der Waals surface area contributed by atoms with Gasteiger partial charge in [-0.3, -0.25) is 9.98 Å². The van der Waals surface area contributed by atoms with Crippen LogP contribution in [0.2, 0.25) is 0 Å². The number of hydrogen-bond donors (Lipinski definition) is 2. The van der Waals surface area contributed by atoms with Crippen LogP contribution in [0.25, 0.3) is 5.69 Å². The van der Waals surface area contributed by atoms with E-state index in [0.29, 0.717) is 5.69 Å². The first-order chi connectivity index (χ1) is 7.70. The first-order valence-electron chi connectivity index (χ1n) is 4.60. The molecule has 1 aromatic heterocycles. The van der Waals surface area contributed by atoms with Gasteiger partial charge < -0.3 is 5.11 Å². The molecule has 0 saturated heterocycles. The zero-order chi connectivity index (χ0) is 11.5. The molecule has 5 nitrogen and oxygen atoms in total. The molecule has 0 atom stereocenters. The van der Waals surface area contributed by atoms with Crippen LogP contribution in [0.5, 0.6) is 0 Å². The summed E-state index contributed by atoms with van der Waals surface area (Å²) in [7, 11) is 0. The highest BCUT2D eigenvalue weighted by molar-refractivity contribution is 5.86. The number of nitrogens with one attached hydrogen (secondary N) is 1. The molecule has 0 bridgehead atoms. The standard InChI is InChI=1S/C11H9N3O2/c12-10-9(11(15)16)6-13-7-14(10)8-4-2-1-3-5-8/h1-7,12H,(H,15,16). The van der Waals surface area contributed by atoms with Crippen molar-refractivity contribution in [2.24, 2.45) is 0 Å². The average molecular weight is 215 g/mol. The van der Waals surface area contributed by atoms with Gasteiger partial charge in [-0.15, -0.1) is 0 Å². The first kappa shape index (κ1) is 10.1. The molecule has 80 valence electrons. The molecule has 1 heterocycles. The molecular formula is C11H9N3O2. The molecule has 2 rings (SSSR count). The normalized spacial score (nSPS) is 10.0. The van der Waals surface area contributed by atoms with Gasteiger partial charge in [-0.2, -0.15) is 0 Å². The zero-order valence-corrected chi connectivity index (χ0v) is 8.29. The fraction of sp³-hybridized carbons (Fsp3) is 0. The third-order valence-electron chi connectivity index (χ3n) is 2.15. The Kier molecular flexibility index (Phi) is 2.51. The molecule has 0 unspecified atom stereocenters. The van der Waals surface area contributed by atoms with Gasteiger partial charge in [-0.25, -0.2) is 9.78 Å². The van der Waals surface area contributed by atoms with E-state index in [1.807, 2.05) is 18.2 Å². The Morgan fingerprint density at radius 3 is 2.62 bits per heavy atom. The molecule has 0 aliphatic carbocycles. The zero-order valence-electron chi connectivity index (χ0n) is 8.29. The minimum absolute atomic E-state index is 0.0892. The highest BCUT2D eigenvalue weighted by atomic mass is 16.4. The first-order valence-corrected chi connectivity index (χ1v) is 4.60. The second kappa shape index (κ2) is 3.98. The number of para-hydroxylation sites is 1. The maximum atomic E-state index is 10.8. The summed E-state index contributed by atoms with van der Waals surface area (Å²) >= 11 is 0. The van der Waals surface area contributed by atoms with Crippen molar-refractivity contribution in [3.05, 3.63) is 53.9 Å². The number of benzene rings is 1. The second-order valence-electron chi connectivity index (χ2n) is 3.17. The van der Waals surface area contributed by atoms with E-state index < -0.39 is 5.97 Å². The topological polar surface area (TPSA) is 79.0 Å². The lowest BCUT2D eigenvalue weighted by Crippen LogP contribution is -2.25. The van der Waals surface area contributed by atoms with Crippen LogP contribution in [0.3, 0.4) is 0 Å². The lowest BCUT2D eigenvalue weighted by Gasteiger charge is -2.06. The second-order valence-corrected chi connectivity index (χ2v) is 3.17. The SMILES string of the molecule is N=c1c(C(=O)O)cncn1-c1ccccc1. The molecule has 0 saturated carbocycles. The molecule has 2 aromatic rings. The number of nitrogens with zero attached hydrogens (tertiary/aromatic N) is 2. The number of carboxylic acids is 1. The summed E-state index contributed by atoms with van der Waals surface area (Å²) in [4.78, 5) is 14.6. The predicted octanol–water partition coefficient (Wildman–Crippen LogP) is 1.05. The number of aromatic nitrogens is 2. The Balaban J connectivity index is 2.64. The number of carbonyl (C=O) groups is 1. The molecule has 1 aromatic carbocycles. The van der Waals surface area contributed by atoms with Crippen molar-refractivity contribution in [2.75, 3.05) is 0 Å². The van der Waals surface area contributed by atoms with Crippen molar-refractivity contribution < 1.29 is 9.90 Å². The molecular weight excluding hydrogens is 206 g/mol. The Bertz CT molecular complexity index is 575. The number of rotatable bonds is 2. The third kappa shape index (κ3) is 1.70. The fourth-order valence-corrected chi connectivity index (χ4v) is 1.36. The summed E-state index contributed by atoms with van der Waals surface area (Å²) in [6.45, 7) is 0. The minimum Gasteiger partial charge on any atom is -0.477 e. The third-order valence-corrected chi connectivity index (χ3v) is 2.15. The molecule has 2 N–H and O–H groups in total. The predicted molar refractivity (Wildman–Crippen MR) is 56.4 cm³/mol. The molecule has 0 amide bonds. The van der Waals surface area contributed by atoms with Crippen molar-refractivity contribution in [3.63, 3.8) is 0 Å². The lowest BCUT2D eigenvalue weighted by molar-refractivity contribution is 0.0693. The van der Waals surface area contributed by atoms with E-state index in [4.69, 9.17) is 10.5 Å². The molecule has 0 aliphatic rings. The van der Waals surface area contributed by atoms with Crippen molar-refractivity contribution in [1.82, 2.24) is 9.55 Å². The Hall–Kier alpha value is -2.43. The van der Waals surface area contributed by atoms with Crippen molar-refractivity contribution in [3.8, 4) is 5.69 Å². The smallest absolute Gasteiger partial charge is 0.341 e. The monoisotopic (exact) mass is 215 g/mol. The van der Waals surface area contributed by atoms with Gasteiger partial charge in [0.1, 0.15) is 17.4 Å². The van der Waals surface area contributed by atoms with E-state index in [0.717, 1.165) is 0 Å². The van der Waals surface area contributed by atoms with Gasteiger partial charge in [-0.05, 0) is 12.1 Å². The highest BCUT2D eigenvalue weighted by Crippen LogP contribution is 2.02. The van der Waals surface area contributed by atoms with Gasteiger partial charge in [0.05, 0.1) is 0 Å². The van der Waals surface area contributed by atoms with E-state index in [1.165, 1.54) is 17.1 Å². The molecule has 5 heteroatoms. The summed E-state index contributed by atoms with van der Waals surface area (Å²) in [5.41, 5.74) is 0.503. The van der Waals surface area contributed by atoms with Crippen molar-refractivity contribution in [2.45, 2.75) is 0 Å². The van der Waals surface area contributed by atoms with Crippen molar-refractivity contribution in [1.29, 1.82) is 5.41 Å². The average Bonchev–Trinajstić information content (AvgIpc) is 2.30. The summed E-state index contributed by atoms with van der Waals surface area (Å²) in [6, 6.07) is 9.04. The van der Waals surface area contributed by atoms with Crippen LogP contribution in [0.1, 0.15) is 10.4 Å². The van der Waals surface area contributed by atoms with Gasteiger partial charge in [0.15, 0.2) is 0 Å². The van der Waals surface area contributed by atoms with Gasteiger partial charge in [-0.1, -0.05) is 18.2 Å². The Labute approximate surface area is 91.1 Å². The maximum absolute atomic E-state index is 10.8. The number of aromatic carboxylic acids is 1. The van der Waals surface area contributed by atoms with Crippen LogP contribution in [0, 0.1) is 5.41 Å². The van der Waals surface area contributed by atoms with Crippen LogP contribution >= 0.6 is 0 Å². The van der Waals surface area contributed by atoms with E-state index in [-0.39, 0.29) is 11.1 Å². The molecule has 0 aliphatic heterocycles. The minimum atomic E-state index is -1.15. The Morgan fingerprint density at radius 1 is 1.31 bits per heavy atom. The number of hydrogen-bond acceptors (Lipinski definition) is 3. The quantitative estimate of drug-likeness (QED) is 0.785. The van der Waals surface area contributed by atoms with Crippen LogP contribution in [0.15, 0.2) is 42.9 Å². The van der Waals surface area contributed by atoms with E-state index in [9.17, 15) is 4.79 Å². The van der Waals surface area contributed by atoms with Gasteiger partial charge in [0.25, 0.3) is 0 Å². The molecule has 0 spiro atoms. The lowest BCUT2D eigenvalue weighted by atomic mass is 10.3. The summed E-state index contributed by atoms with van der Waals surface area (Å²) in [5, 5.41) is 16.6. The van der Waals surface area contributed by atoms with Gasteiger partial charge in [0.2, 0.25) is 0 Å². The summed E-state index contributed by atoms with van der Waals surface area (Å²) < 4.78 is 1.42. The van der Waals surface area contributed by atoms with Crippen LogP contribution in [-0.2, 0) is 0 Å². The highest BCUT2D eigenvalue weighted by Gasteiger charge is 2.08. The summed E-state index contributed by atoms with van der Waals surface area (Å²) in [6.07, 6.45) is 2.59. The van der Waals surface area contributed by atoms with Crippen LogP contribution in [0.4, 0.5) is 0 Å². The largest absolute Gasteiger partial charge is 0.477 e. The van der Waals surface area contributed by atoms with Gasteiger partial charge in [0, 0.05) is 11.9 Å².